The van der Waals surface area contributed by atoms with Gasteiger partial charge in [-0.15, -0.1) is 11.3 Å². The van der Waals surface area contributed by atoms with Gasteiger partial charge in [0.25, 0.3) is 5.56 Å². The molecule has 1 fully saturated rings. The van der Waals surface area contributed by atoms with Crippen molar-refractivity contribution in [1.82, 2.24) is 14.5 Å². The first-order valence-electron chi connectivity index (χ1n) is 10.0. The monoisotopic (exact) mass is 427 g/mol. The van der Waals surface area contributed by atoms with Crippen LogP contribution in [-0.4, -0.2) is 39.2 Å². The summed E-state index contributed by atoms with van der Waals surface area (Å²) in [6.45, 7) is 2.00. The lowest BCUT2D eigenvalue weighted by atomic mass is 9.94. The number of rotatable bonds is 5. The Hall–Kier alpha value is -2.12. The van der Waals surface area contributed by atoms with Crippen LogP contribution in [0.15, 0.2) is 45.7 Å². The quantitative estimate of drug-likeness (QED) is 0.440. The van der Waals surface area contributed by atoms with Gasteiger partial charge in [0.15, 0.2) is 5.16 Å². The van der Waals surface area contributed by atoms with Crippen molar-refractivity contribution >= 4 is 39.2 Å². The Morgan fingerprint density at radius 1 is 1.28 bits per heavy atom. The highest BCUT2D eigenvalue weighted by atomic mass is 32.2. The van der Waals surface area contributed by atoms with Crippen LogP contribution < -0.4 is 5.56 Å². The number of hydrogen-bond donors (Lipinski definition) is 0. The summed E-state index contributed by atoms with van der Waals surface area (Å²) in [5.41, 5.74) is 2.48. The van der Waals surface area contributed by atoms with Gasteiger partial charge >= 0.3 is 0 Å². The Kier molecular flexibility index (Phi) is 6.06. The van der Waals surface area contributed by atoms with Gasteiger partial charge < -0.3 is 4.90 Å². The van der Waals surface area contributed by atoms with Crippen LogP contribution in [0, 0.1) is 6.92 Å². The molecule has 152 valence electrons. The number of thioether (sulfide) groups is 1. The Balaban J connectivity index is 1.63. The molecule has 0 atom stereocenters. The van der Waals surface area contributed by atoms with Crippen LogP contribution in [0.3, 0.4) is 0 Å². The van der Waals surface area contributed by atoms with E-state index in [1.165, 1.54) is 42.4 Å². The van der Waals surface area contributed by atoms with E-state index in [0.29, 0.717) is 21.4 Å². The number of nitrogens with zero attached hydrogens (tertiary/aromatic N) is 3. The van der Waals surface area contributed by atoms with Crippen molar-refractivity contribution in [3.63, 3.8) is 0 Å². The van der Waals surface area contributed by atoms with Crippen molar-refractivity contribution < 1.29 is 4.79 Å². The maximum Gasteiger partial charge on any atom is 0.276 e. The highest BCUT2D eigenvalue weighted by Crippen LogP contribution is 2.26. The largest absolute Gasteiger partial charge is 0.342 e. The highest BCUT2D eigenvalue weighted by Gasteiger charge is 2.23. The van der Waals surface area contributed by atoms with E-state index in [-0.39, 0.29) is 17.2 Å². The zero-order valence-corrected chi connectivity index (χ0v) is 18.4. The average Bonchev–Trinajstić information content (AvgIpc) is 3.21. The third-order valence-electron chi connectivity index (χ3n) is 5.55. The first-order valence-corrected chi connectivity index (χ1v) is 11.9. The molecule has 4 rings (SSSR count). The fraction of sp³-hybridized carbons (Fsp3) is 0.409. The molecule has 0 saturated heterocycles. The molecule has 1 aromatic carbocycles. The van der Waals surface area contributed by atoms with Crippen LogP contribution in [0.4, 0.5) is 0 Å². The number of fused-ring (bicyclic) bond motifs is 1. The first-order chi connectivity index (χ1) is 14.0. The number of hydrogen-bond acceptors (Lipinski definition) is 5. The molecule has 0 N–H and O–H groups in total. The number of thiophene rings is 1. The summed E-state index contributed by atoms with van der Waals surface area (Å²) in [5, 5.41) is 2.45. The van der Waals surface area contributed by atoms with Gasteiger partial charge in [-0.05, 0) is 48.9 Å². The third-order valence-corrected chi connectivity index (χ3v) is 7.36. The van der Waals surface area contributed by atoms with E-state index in [1.807, 2.05) is 54.6 Å². The van der Waals surface area contributed by atoms with Gasteiger partial charge in [-0.3, -0.25) is 14.2 Å². The standard InChI is InChI=1S/C22H25N3O2S2/c1-15-7-6-10-17(13-15)25-21(27)20-18(11-12-28-20)23-22(25)29-14-19(26)24(2)16-8-4-3-5-9-16/h6-7,10-13,16H,3-5,8-9,14H2,1-2H3. The first kappa shape index (κ1) is 20.2. The summed E-state index contributed by atoms with van der Waals surface area (Å²) >= 11 is 2.75. The molecule has 29 heavy (non-hydrogen) atoms. The molecule has 0 spiro atoms. The van der Waals surface area contributed by atoms with Crippen LogP contribution in [-0.2, 0) is 4.79 Å². The average molecular weight is 428 g/mol. The molecule has 3 aromatic rings. The minimum atomic E-state index is -0.0776. The van der Waals surface area contributed by atoms with E-state index in [4.69, 9.17) is 4.98 Å². The number of benzene rings is 1. The van der Waals surface area contributed by atoms with E-state index >= 15 is 0 Å². The normalized spacial score (nSPS) is 15.0. The SMILES string of the molecule is Cc1cccc(-n2c(SCC(=O)N(C)C3CCCCC3)nc3ccsc3c2=O)c1. The molecule has 1 saturated carbocycles. The van der Waals surface area contributed by atoms with Crippen molar-refractivity contribution in [2.75, 3.05) is 12.8 Å². The van der Waals surface area contributed by atoms with Gasteiger partial charge in [0.1, 0.15) is 4.70 Å². The fourth-order valence-corrected chi connectivity index (χ4v) is 5.58. The predicted molar refractivity (Wildman–Crippen MR) is 120 cm³/mol. The second-order valence-corrected chi connectivity index (χ2v) is 9.45. The zero-order valence-electron chi connectivity index (χ0n) is 16.8. The Morgan fingerprint density at radius 2 is 2.07 bits per heavy atom. The molecule has 2 heterocycles. The van der Waals surface area contributed by atoms with Crippen molar-refractivity contribution in [3.05, 3.63) is 51.6 Å². The molecule has 0 unspecified atom stereocenters. The topological polar surface area (TPSA) is 55.2 Å². The van der Waals surface area contributed by atoms with Gasteiger partial charge in [0.2, 0.25) is 5.91 Å². The number of carbonyl (C=O) groups excluding carboxylic acids is 1. The van der Waals surface area contributed by atoms with Crippen LogP contribution in [0.1, 0.15) is 37.7 Å². The molecule has 5 nitrogen and oxygen atoms in total. The molecule has 2 aromatic heterocycles. The molecule has 1 aliphatic carbocycles. The Bertz CT molecular complexity index is 1080. The second kappa shape index (κ2) is 8.71. The molecule has 0 radical (unpaired) electrons. The van der Waals surface area contributed by atoms with Crippen LogP contribution in [0.2, 0.25) is 0 Å². The smallest absolute Gasteiger partial charge is 0.276 e. The predicted octanol–water partition coefficient (Wildman–Crippen LogP) is 4.64. The minimum absolute atomic E-state index is 0.0776. The summed E-state index contributed by atoms with van der Waals surface area (Å²) in [5.74, 6) is 0.373. The van der Waals surface area contributed by atoms with Crippen molar-refractivity contribution in [2.45, 2.75) is 50.2 Å². The van der Waals surface area contributed by atoms with Gasteiger partial charge in [-0.25, -0.2) is 4.98 Å². The molecule has 0 aliphatic heterocycles. The van der Waals surface area contributed by atoms with Gasteiger partial charge in [0, 0.05) is 13.1 Å². The maximum atomic E-state index is 13.2. The summed E-state index contributed by atoms with van der Waals surface area (Å²) in [4.78, 5) is 32.6. The number of aryl methyl sites for hydroxylation is 1. The van der Waals surface area contributed by atoms with E-state index < -0.39 is 0 Å². The lowest BCUT2D eigenvalue weighted by Gasteiger charge is -2.31. The number of aromatic nitrogens is 2. The van der Waals surface area contributed by atoms with Gasteiger partial charge in [0.05, 0.1) is 17.0 Å². The molecule has 1 aliphatic rings. The fourth-order valence-electron chi connectivity index (χ4n) is 3.88. The molecular weight excluding hydrogens is 402 g/mol. The minimum Gasteiger partial charge on any atom is -0.342 e. The lowest BCUT2D eigenvalue weighted by molar-refractivity contribution is -0.129. The summed E-state index contributed by atoms with van der Waals surface area (Å²) < 4.78 is 2.28. The van der Waals surface area contributed by atoms with E-state index in [0.717, 1.165) is 24.1 Å². The van der Waals surface area contributed by atoms with Crippen LogP contribution in [0.25, 0.3) is 15.9 Å². The van der Waals surface area contributed by atoms with Crippen molar-refractivity contribution in [1.29, 1.82) is 0 Å². The van der Waals surface area contributed by atoms with Gasteiger partial charge in [-0.2, -0.15) is 0 Å². The highest BCUT2D eigenvalue weighted by molar-refractivity contribution is 7.99. The van der Waals surface area contributed by atoms with Crippen molar-refractivity contribution in [2.24, 2.45) is 0 Å². The van der Waals surface area contributed by atoms with E-state index in [9.17, 15) is 9.59 Å². The second-order valence-electron chi connectivity index (χ2n) is 7.59. The molecule has 0 bridgehead atoms. The number of amides is 1. The molecule has 7 heteroatoms. The van der Waals surface area contributed by atoms with E-state index in [1.54, 1.807) is 4.57 Å². The van der Waals surface area contributed by atoms with Crippen LogP contribution >= 0.6 is 23.1 Å². The van der Waals surface area contributed by atoms with Gasteiger partial charge in [-0.1, -0.05) is 43.2 Å². The maximum absolute atomic E-state index is 13.2. The molecule has 1 amide bonds. The summed E-state index contributed by atoms with van der Waals surface area (Å²) in [7, 11) is 1.90. The lowest BCUT2D eigenvalue weighted by Crippen LogP contribution is -2.39. The summed E-state index contributed by atoms with van der Waals surface area (Å²) in [6, 6.07) is 10.0. The van der Waals surface area contributed by atoms with E-state index in [2.05, 4.69) is 0 Å². The molecular formula is C22H25N3O2S2. The summed E-state index contributed by atoms with van der Waals surface area (Å²) in [6.07, 6.45) is 5.82. The third kappa shape index (κ3) is 4.26. The number of carbonyl (C=O) groups is 1. The Morgan fingerprint density at radius 3 is 2.83 bits per heavy atom. The Labute approximate surface area is 178 Å². The zero-order chi connectivity index (χ0) is 20.4. The van der Waals surface area contributed by atoms with Crippen molar-refractivity contribution in [3.8, 4) is 5.69 Å². The van der Waals surface area contributed by atoms with Crippen LogP contribution in [0.5, 0.6) is 0 Å².